The third kappa shape index (κ3) is 4.15. The van der Waals surface area contributed by atoms with Crippen LogP contribution in [-0.2, 0) is 16.0 Å². The molecule has 2 aromatic heterocycles. The molecule has 7 heteroatoms. The van der Waals surface area contributed by atoms with Crippen molar-refractivity contribution in [3.05, 3.63) is 41.9 Å². The molecule has 0 aliphatic carbocycles. The first-order chi connectivity index (χ1) is 11.2. The number of nitrogens with zero attached hydrogens (tertiary/aromatic N) is 3. The fraction of sp³-hybridized carbons (Fsp3) is 0.375. The lowest BCUT2D eigenvalue weighted by Gasteiger charge is -2.07. The summed E-state index contributed by atoms with van der Waals surface area (Å²) in [5.74, 6) is 0.0796. The van der Waals surface area contributed by atoms with Gasteiger partial charge in [0, 0.05) is 12.7 Å². The highest BCUT2D eigenvalue weighted by atomic mass is 16.5. The van der Waals surface area contributed by atoms with Crippen molar-refractivity contribution >= 4 is 11.9 Å². The molecule has 0 radical (unpaired) electrons. The van der Waals surface area contributed by atoms with Crippen molar-refractivity contribution in [2.45, 2.75) is 26.7 Å². The number of aromatic nitrogens is 3. The van der Waals surface area contributed by atoms with Crippen molar-refractivity contribution in [1.29, 1.82) is 0 Å². The van der Waals surface area contributed by atoms with Gasteiger partial charge in [-0.15, -0.1) is 0 Å². The average Bonchev–Trinajstić information content (AvgIpc) is 2.99. The smallest absolute Gasteiger partial charge is 0.307 e. The number of esters is 1. The van der Waals surface area contributed by atoms with E-state index in [0.717, 1.165) is 5.69 Å². The summed E-state index contributed by atoms with van der Waals surface area (Å²) in [5.41, 5.74) is 1.26. The Morgan fingerprint density at radius 1 is 1.30 bits per heavy atom. The Balaban J connectivity index is 2.07. The maximum atomic E-state index is 12.3. The number of hydrogen-bond acceptors (Lipinski definition) is 5. The molecule has 23 heavy (non-hydrogen) atoms. The summed E-state index contributed by atoms with van der Waals surface area (Å²) >= 11 is 0. The fourth-order valence-electron chi connectivity index (χ4n) is 2.19. The molecule has 2 rings (SSSR count). The molecule has 0 saturated carbocycles. The van der Waals surface area contributed by atoms with Gasteiger partial charge in [0.25, 0.3) is 5.91 Å². The molecule has 0 spiro atoms. The minimum Gasteiger partial charge on any atom is -0.466 e. The van der Waals surface area contributed by atoms with E-state index in [-0.39, 0.29) is 24.8 Å². The monoisotopic (exact) mass is 316 g/mol. The molecule has 122 valence electrons. The Hall–Kier alpha value is -2.70. The molecule has 0 aliphatic rings. The van der Waals surface area contributed by atoms with E-state index in [1.54, 1.807) is 17.8 Å². The normalized spacial score (nSPS) is 10.3. The quantitative estimate of drug-likeness (QED) is 0.783. The SMILES string of the molecule is CCOC(=O)CCNC(=O)c1cnn(-c2ccccn2)c1CC. The molecule has 0 bridgehead atoms. The summed E-state index contributed by atoms with van der Waals surface area (Å²) in [6, 6.07) is 5.51. The molecule has 0 saturated heterocycles. The number of hydrogen-bond donors (Lipinski definition) is 1. The molecule has 2 heterocycles. The van der Waals surface area contributed by atoms with Crippen molar-refractivity contribution < 1.29 is 14.3 Å². The summed E-state index contributed by atoms with van der Waals surface area (Å²) in [7, 11) is 0. The van der Waals surface area contributed by atoms with Crippen LogP contribution < -0.4 is 5.32 Å². The summed E-state index contributed by atoms with van der Waals surface area (Å²) in [6.07, 6.45) is 3.98. The molecular weight excluding hydrogens is 296 g/mol. The van der Waals surface area contributed by atoms with E-state index in [1.807, 2.05) is 25.1 Å². The fourth-order valence-corrected chi connectivity index (χ4v) is 2.19. The first-order valence-electron chi connectivity index (χ1n) is 7.59. The van der Waals surface area contributed by atoms with E-state index in [9.17, 15) is 9.59 Å². The van der Waals surface area contributed by atoms with Crippen molar-refractivity contribution in [1.82, 2.24) is 20.1 Å². The number of amides is 1. The number of carbonyl (C=O) groups is 2. The molecule has 0 aliphatic heterocycles. The van der Waals surface area contributed by atoms with Crippen molar-refractivity contribution in [3.63, 3.8) is 0 Å². The largest absolute Gasteiger partial charge is 0.466 e. The minimum atomic E-state index is -0.326. The van der Waals surface area contributed by atoms with Gasteiger partial charge in [-0.1, -0.05) is 13.0 Å². The highest BCUT2D eigenvalue weighted by Gasteiger charge is 2.17. The van der Waals surface area contributed by atoms with Crippen LogP contribution in [0.25, 0.3) is 5.82 Å². The standard InChI is InChI=1S/C16H20N4O3/c1-3-13-12(16(22)18-10-8-15(21)23-4-2)11-19-20(13)14-7-5-6-9-17-14/h5-7,9,11H,3-4,8,10H2,1-2H3,(H,18,22). The van der Waals surface area contributed by atoms with Crippen molar-refractivity contribution in [2.24, 2.45) is 0 Å². The second-order valence-electron chi connectivity index (χ2n) is 4.77. The van der Waals surface area contributed by atoms with E-state index in [4.69, 9.17) is 4.74 Å². The van der Waals surface area contributed by atoms with Gasteiger partial charge >= 0.3 is 5.97 Å². The van der Waals surface area contributed by atoms with Gasteiger partial charge in [-0.3, -0.25) is 9.59 Å². The molecule has 7 nitrogen and oxygen atoms in total. The maximum absolute atomic E-state index is 12.3. The topological polar surface area (TPSA) is 86.1 Å². The Kier molecular flexibility index (Phi) is 5.85. The van der Waals surface area contributed by atoms with Crippen LogP contribution in [0.5, 0.6) is 0 Å². The lowest BCUT2D eigenvalue weighted by atomic mass is 10.2. The first-order valence-corrected chi connectivity index (χ1v) is 7.59. The number of rotatable bonds is 7. The molecule has 0 unspecified atom stereocenters. The molecule has 1 amide bonds. The minimum absolute atomic E-state index is 0.148. The summed E-state index contributed by atoms with van der Waals surface area (Å²) in [6.45, 7) is 4.26. The first kappa shape index (κ1) is 16.7. The number of nitrogens with one attached hydrogen (secondary N) is 1. The van der Waals surface area contributed by atoms with Crippen molar-refractivity contribution in [2.75, 3.05) is 13.2 Å². The predicted octanol–water partition coefficient (Wildman–Crippen LogP) is 1.51. The van der Waals surface area contributed by atoms with Crippen LogP contribution in [0.2, 0.25) is 0 Å². The molecule has 2 aromatic rings. The van der Waals surface area contributed by atoms with Gasteiger partial charge in [0.1, 0.15) is 0 Å². The molecular formula is C16H20N4O3. The van der Waals surface area contributed by atoms with Gasteiger partial charge in [0.15, 0.2) is 5.82 Å². The third-order valence-corrected chi connectivity index (χ3v) is 3.23. The summed E-state index contributed by atoms with van der Waals surface area (Å²) < 4.78 is 6.47. The predicted molar refractivity (Wildman–Crippen MR) is 84.3 cm³/mol. The Labute approximate surface area is 134 Å². The number of pyridine rings is 1. The Bertz CT molecular complexity index is 667. The zero-order chi connectivity index (χ0) is 16.7. The van der Waals surface area contributed by atoms with Crippen LogP contribution in [0, 0.1) is 0 Å². The van der Waals surface area contributed by atoms with Crippen molar-refractivity contribution in [3.8, 4) is 5.82 Å². The molecule has 1 N–H and O–H groups in total. The maximum Gasteiger partial charge on any atom is 0.307 e. The van der Waals surface area contributed by atoms with Gasteiger partial charge < -0.3 is 10.1 Å². The molecule has 0 fully saturated rings. The van der Waals surface area contributed by atoms with E-state index >= 15 is 0 Å². The lowest BCUT2D eigenvalue weighted by Crippen LogP contribution is -2.27. The third-order valence-electron chi connectivity index (χ3n) is 3.23. The van der Waals surface area contributed by atoms with E-state index < -0.39 is 0 Å². The van der Waals surface area contributed by atoms with Crippen LogP contribution in [0.4, 0.5) is 0 Å². The highest BCUT2D eigenvalue weighted by Crippen LogP contribution is 2.14. The summed E-state index contributed by atoms with van der Waals surface area (Å²) in [5, 5.41) is 6.97. The van der Waals surface area contributed by atoms with E-state index in [1.165, 1.54) is 6.20 Å². The van der Waals surface area contributed by atoms with Gasteiger partial charge in [0.05, 0.1) is 30.5 Å². The zero-order valence-corrected chi connectivity index (χ0v) is 13.3. The Morgan fingerprint density at radius 3 is 2.78 bits per heavy atom. The van der Waals surface area contributed by atoms with Gasteiger partial charge in [-0.2, -0.15) is 5.10 Å². The van der Waals surface area contributed by atoms with Crippen LogP contribution in [0.3, 0.4) is 0 Å². The number of ether oxygens (including phenoxy) is 1. The van der Waals surface area contributed by atoms with Gasteiger partial charge in [-0.05, 0) is 25.5 Å². The summed E-state index contributed by atoms with van der Waals surface area (Å²) in [4.78, 5) is 27.8. The average molecular weight is 316 g/mol. The van der Waals surface area contributed by atoms with Crippen LogP contribution in [0.1, 0.15) is 36.3 Å². The molecule has 0 atom stereocenters. The second-order valence-corrected chi connectivity index (χ2v) is 4.77. The van der Waals surface area contributed by atoms with E-state index in [2.05, 4.69) is 15.4 Å². The van der Waals surface area contributed by atoms with Gasteiger partial charge in [-0.25, -0.2) is 9.67 Å². The lowest BCUT2D eigenvalue weighted by molar-refractivity contribution is -0.142. The second kappa shape index (κ2) is 8.07. The molecule has 0 aromatic carbocycles. The Morgan fingerprint density at radius 2 is 2.13 bits per heavy atom. The van der Waals surface area contributed by atoms with Crippen LogP contribution in [-0.4, -0.2) is 39.8 Å². The van der Waals surface area contributed by atoms with Gasteiger partial charge in [0.2, 0.25) is 0 Å². The highest BCUT2D eigenvalue weighted by molar-refractivity contribution is 5.95. The van der Waals surface area contributed by atoms with Crippen LogP contribution in [0.15, 0.2) is 30.6 Å². The number of carbonyl (C=O) groups excluding carboxylic acids is 2. The van der Waals surface area contributed by atoms with Crippen LogP contribution >= 0.6 is 0 Å². The zero-order valence-electron chi connectivity index (χ0n) is 13.3. The van der Waals surface area contributed by atoms with E-state index in [0.29, 0.717) is 24.4 Å².